The van der Waals surface area contributed by atoms with Crippen LogP contribution in [-0.2, 0) is 11.3 Å². The molecule has 5 heteroatoms. The molecule has 106 valence electrons. The third kappa shape index (κ3) is 2.70. The highest BCUT2D eigenvalue weighted by molar-refractivity contribution is 6.29. The van der Waals surface area contributed by atoms with Crippen molar-refractivity contribution in [2.75, 3.05) is 11.9 Å². The number of nitrogens with zero attached hydrogens (tertiary/aromatic N) is 2. The number of hydrogen-bond acceptors (Lipinski definition) is 4. The van der Waals surface area contributed by atoms with Crippen molar-refractivity contribution in [1.82, 2.24) is 9.97 Å². The van der Waals surface area contributed by atoms with E-state index in [1.807, 2.05) is 6.92 Å². The van der Waals surface area contributed by atoms with Crippen LogP contribution in [-0.4, -0.2) is 22.6 Å². The second-order valence-electron chi connectivity index (χ2n) is 6.15. The van der Waals surface area contributed by atoms with Crippen molar-refractivity contribution in [2.24, 2.45) is 10.8 Å². The summed E-state index contributed by atoms with van der Waals surface area (Å²) in [5.41, 5.74) is 0.509. The van der Waals surface area contributed by atoms with Crippen molar-refractivity contribution >= 4 is 17.4 Å². The first-order chi connectivity index (χ1) is 8.79. The van der Waals surface area contributed by atoms with Crippen molar-refractivity contribution in [1.29, 1.82) is 0 Å². The lowest BCUT2D eigenvalue weighted by Gasteiger charge is -2.09. The lowest BCUT2D eigenvalue weighted by molar-refractivity contribution is 0.128. The molecule has 19 heavy (non-hydrogen) atoms. The number of halogens is 1. The maximum Gasteiger partial charge on any atom is 0.158 e. The molecule has 0 aliphatic heterocycles. The first-order valence-electron chi connectivity index (χ1n) is 6.66. The molecular formula is C14H22ClN3O. The Bertz CT molecular complexity index is 460. The molecule has 2 rings (SSSR count). The Morgan fingerprint density at radius 3 is 2.42 bits per heavy atom. The lowest BCUT2D eigenvalue weighted by Crippen LogP contribution is -2.13. The summed E-state index contributed by atoms with van der Waals surface area (Å²) in [6.07, 6.45) is 0. The topological polar surface area (TPSA) is 47.0 Å². The molecule has 1 N–H and O–H groups in total. The molecule has 0 radical (unpaired) electrons. The van der Waals surface area contributed by atoms with E-state index in [0.717, 1.165) is 5.82 Å². The summed E-state index contributed by atoms with van der Waals surface area (Å²) in [6.45, 7) is 12.0. The second-order valence-corrected chi connectivity index (χ2v) is 6.54. The van der Waals surface area contributed by atoms with Crippen LogP contribution in [0.25, 0.3) is 0 Å². The van der Waals surface area contributed by atoms with Gasteiger partial charge >= 0.3 is 0 Å². The average Bonchev–Trinajstić information content (AvgIpc) is 2.68. The summed E-state index contributed by atoms with van der Waals surface area (Å²) in [5, 5.41) is 3.91. The number of aromatic nitrogens is 2. The van der Waals surface area contributed by atoms with Crippen LogP contribution >= 0.6 is 11.6 Å². The van der Waals surface area contributed by atoms with Gasteiger partial charge in [0.1, 0.15) is 17.6 Å². The van der Waals surface area contributed by atoms with Crippen molar-refractivity contribution in [3.8, 4) is 0 Å². The van der Waals surface area contributed by atoms with E-state index < -0.39 is 0 Å². The molecule has 4 nitrogen and oxygen atoms in total. The Labute approximate surface area is 119 Å². The van der Waals surface area contributed by atoms with Crippen LogP contribution < -0.4 is 5.32 Å². The van der Waals surface area contributed by atoms with Crippen LogP contribution in [0.15, 0.2) is 6.07 Å². The molecule has 1 aromatic heterocycles. The van der Waals surface area contributed by atoms with Crippen LogP contribution in [0.4, 0.5) is 5.82 Å². The minimum Gasteiger partial charge on any atom is -0.374 e. The fourth-order valence-electron chi connectivity index (χ4n) is 2.50. The molecule has 1 aliphatic carbocycles. The molecular weight excluding hydrogens is 262 g/mol. The van der Waals surface area contributed by atoms with Crippen LogP contribution in [0.5, 0.6) is 0 Å². The summed E-state index contributed by atoms with van der Waals surface area (Å²) in [5.74, 6) is 1.39. The molecule has 0 atom stereocenters. The van der Waals surface area contributed by atoms with Crippen LogP contribution in [0, 0.1) is 10.8 Å². The van der Waals surface area contributed by atoms with Crippen molar-refractivity contribution in [3.63, 3.8) is 0 Å². The molecule has 0 amide bonds. The van der Waals surface area contributed by atoms with Gasteiger partial charge in [-0.3, -0.25) is 0 Å². The number of nitrogens with one attached hydrogen (secondary N) is 1. The van der Waals surface area contributed by atoms with Crippen molar-refractivity contribution in [3.05, 3.63) is 17.0 Å². The third-order valence-electron chi connectivity index (χ3n) is 4.49. The fraction of sp³-hybridized carbons (Fsp3) is 0.714. The largest absolute Gasteiger partial charge is 0.374 e. The van der Waals surface area contributed by atoms with E-state index >= 15 is 0 Å². The van der Waals surface area contributed by atoms with Crippen LogP contribution in [0.1, 0.15) is 40.4 Å². The summed E-state index contributed by atoms with van der Waals surface area (Å²) < 4.78 is 5.32. The average molecular weight is 284 g/mol. The van der Waals surface area contributed by atoms with Gasteiger partial charge in [-0.1, -0.05) is 39.3 Å². The van der Waals surface area contributed by atoms with Crippen LogP contribution in [0.3, 0.4) is 0 Å². The van der Waals surface area contributed by atoms with E-state index in [2.05, 4.69) is 43.0 Å². The Morgan fingerprint density at radius 1 is 1.26 bits per heavy atom. The predicted octanol–water partition coefficient (Wildman–Crippen LogP) is 3.51. The zero-order valence-electron chi connectivity index (χ0n) is 12.2. The number of ether oxygens (including phenoxy) is 1. The van der Waals surface area contributed by atoms with E-state index in [4.69, 9.17) is 16.3 Å². The Kier molecular flexibility index (Phi) is 3.76. The quantitative estimate of drug-likeness (QED) is 0.840. The number of anilines is 1. The molecule has 1 heterocycles. The standard InChI is InChI=1S/C14H22ClN3O/c1-6-19-8-11-16-9(15)7-10(17-11)18-12-13(2,3)14(12,4)5/h7,12H,6,8H2,1-5H3,(H,16,17,18). The first kappa shape index (κ1) is 14.5. The third-order valence-corrected chi connectivity index (χ3v) is 4.68. The molecule has 0 aromatic carbocycles. The molecule has 1 aliphatic rings. The van der Waals surface area contributed by atoms with E-state index in [1.165, 1.54) is 0 Å². The normalized spacial score (nSPS) is 20.3. The summed E-state index contributed by atoms with van der Waals surface area (Å²) in [4.78, 5) is 8.61. The molecule has 1 fully saturated rings. The van der Waals surface area contributed by atoms with E-state index in [9.17, 15) is 0 Å². The minimum atomic E-state index is 0.254. The smallest absolute Gasteiger partial charge is 0.158 e. The van der Waals surface area contributed by atoms with Gasteiger partial charge in [0.15, 0.2) is 5.82 Å². The lowest BCUT2D eigenvalue weighted by atomic mass is 10.0. The van der Waals surface area contributed by atoms with Crippen LogP contribution in [0.2, 0.25) is 5.15 Å². The predicted molar refractivity (Wildman–Crippen MR) is 77.3 cm³/mol. The Balaban J connectivity index is 2.11. The highest BCUT2D eigenvalue weighted by Gasteiger charge is 2.65. The molecule has 0 spiro atoms. The zero-order valence-corrected chi connectivity index (χ0v) is 13.0. The molecule has 1 aromatic rings. The zero-order chi connectivity index (χ0) is 14.3. The van der Waals surface area contributed by atoms with Gasteiger partial charge in [0.25, 0.3) is 0 Å². The Morgan fingerprint density at radius 2 is 1.89 bits per heavy atom. The van der Waals surface area contributed by atoms with Gasteiger partial charge in [0.2, 0.25) is 0 Å². The maximum atomic E-state index is 6.03. The first-order valence-corrected chi connectivity index (χ1v) is 7.04. The molecule has 0 unspecified atom stereocenters. The number of hydrogen-bond donors (Lipinski definition) is 1. The highest BCUT2D eigenvalue weighted by atomic mass is 35.5. The fourth-order valence-corrected chi connectivity index (χ4v) is 2.70. The monoisotopic (exact) mass is 283 g/mol. The maximum absolute atomic E-state index is 6.03. The van der Waals surface area contributed by atoms with Crippen molar-refractivity contribution in [2.45, 2.75) is 47.3 Å². The van der Waals surface area contributed by atoms with Gasteiger partial charge in [-0.05, 0) is 17.8 Å². The van der Waals surface area contributed by atoms with E-state index in [-0.39, 0.29) is 10.8 Å². The second kappa shape index (κ2) is 4.91. The highest BCUT2D eigenvalue weighted by Crippen LogP contribution is 2.63. The summed E-state index contributed by atoms with van der Waals surface area (Å²) in [7, 11) is 0. The van der Waals surface area contributed by atoms with Gasteiger partial charge in [0.05, 0.1) is 0 Å². The van der Waals surface area contributed by atoms with Gasteiger partial charge in [-0.2, -0.15) is 0 Å². The Hall–Kier alpha value is -0.870. The van der Waals surface area contributed by atoms with Gasteiger partial charge in [0, 0.05) is 18.7 Å². The number of rotatable bonds is 5. The molecule has 0 bridgehead atoms. The van der Waals surface area contributed by atoms with Gasteiger partial charge in [-0.15, -0.1) is 0 Å². The van der Waals surface area contributed by atoms with Crippen molar-refractivity contribution < 1.29 is 4.74 Å². The summed E-state index contributed by atoms with van der Waals surface area (Å²) >= 11 is 6.03. The SMILES string of the molecule is CCOCc1nc(Cl)cc(NC2C(C)(C)C2(C)C)n1. The molecule has 1 saturated carbocycles. The van der Waals surface area contributed by atoms with E-state index in [0.29, 0.717) is 30.2 Å². The minimum absolute atomic E-state index is 0.254. The molecule has 0 saturated heterocycles. The van der Waals surface area contributed by atoms with Gasteiger partial charge in [-0.25, -0.2) is 9.97 Å². The summed E-state index contributed by atoms with van der Waals surface area (Å²) in [6, 6.07) is 2.16. The van der Waals surface area contributed by atoms with Gasteiger partial charge < -0.3 is 10.1 Å². The van der Waals surface area contributed by atoms with E-state index in [1.54, 1.807) is 6.07 Å².